The van der Waals surface area contributed by atoms with Crippen molar-refractivity contribution in [2.75, 3.05) is 31.3 Å². The quantitative estimate of drug-likeness (QED) is 0.765. The Morgan fingerprint density at radius 1 is 1.37 bits per heavy atom. The van der Waals surface area contributed by atoms with Crippen molar-refractivity contribution in [3.05, 3.63) is 29.8 Å². The third kappa shape index (κ3) is 3.54. The summed E-state index contributed by atoms with van der Waals surface area (Å²) in [5.41, 5.74) is 1.71. The smallest absolute Gasteiger partial charge is 0.310 e. The van der Waals surface area contributed by atoms with Gasteiger partial charge < -0.3 is 14.4 Å². The molecule has 1 aliphatic heterocycles. The molecule has 0 aromatic heterocycles. The number of benzene rings is 1. The van der Waals surface area contributed by atoms with Crippen molar-refractivity contribution in [2.45, 2.75) is 13.3 Å². The fourth-order valence-corrected chi connectivity index (χ4v) is 1.96. The molecule has 0 radical (unpaired) electrons. The SMILES string of the molecule is CCOC(=O)Cc1ccc(N2CCOCC2=O)cc1. The highest BCUT2D eigenvalue weighted by molar-refractivity contribution is 5.94. The van der Waals surface area contributed by atoms with Crippen molar-refractivity contribution in [3.63, 3.8) is 0 Å². The molecule has 0 saturated carbocycles. The molecule has 102 valence electrons. The van der Waals surface area contributed by atoms with Gasteiger partial charge in [-0.2, -0.15) is 0 Å². The first-order chi connectivity index (χ1) is 9.20. The molecule has 0 aliphatic carbocycles. The summed E-state index contributed by atoms with van der Waals surface area (Å²) in [4.78, 5) is 24.7. The number of anilines is 1. The third-order valence-corrected chi connectivity index (χ3v) is 2.89. The molecule has 1 fully saturated rings. The van der Waals surface area contributed by atoms with Crippen LogP contribution in [-0.4, -0.2) is 38.2 Å². The number of nitrogens with zero attached hydrogens (tertiary/aromatic N) is 1. The van der Waals surface area contributed by atoms with Crippen LogP contribution in [0.15, 0.2) is 24.3 Å². The Morgan fingerprint density at radius 2 is 2.11 bits per heavy atom. The van der Waals surface area contributed by atoms with E-state index in [-0.39, 0.29) is 24.9 Å². The molecule has 1 heterocycles. The maximum atomic E-state index is 11.7. The minimum atomic E-state index is -0.238. The maximum absolute atomic E-state index is 11.7. The molecule has 0 unspecified atom stereocenters. The van der Waals surface area contributed by atoms with Gasteiger partial charge in [-0.15, -0.1) is 0 Å². The molecule has 5 nitrogen and oxygen atoms in total. The first-order valence-electron chi connectivity index (χ1n) is 6.33. The number of hydrogen-bond acceptors (Lipinski definition) is 4. The highest BCUT2D eigenvalue weighted by atomic mass is 16.5. The summed E-state index contributed by atoms with van der Waals surface area (Å²) in [5, 5.41) is 0. The van der Waals surface area contributed by atoms with Gasteiger partial charge in [0.1, 0.15) is 6.61 Å². The Balaban J connectivity index is 2.01. The molecule has 0 N–H and O–H groups in total. The number of hydrogen-bond donors (Lipinski definition) is 0. The molecule has 19 heavy (non-hydrogen) atoms. The monoisotopic (exact) mass is 263 g/mol. The van der Waals surface area contributed by atoms with E-state index in [1.807, 2.05) is 24.3 Å². The second-order valence-corrected chi connectivity index (χ2v) is 4.25. The summed E-state index contributed by atoms with van der Waals surface area (Å²) in [6.45, 7) is 3.42. The summed E-state index contributed by atoms with van der Waals surface area (Å²) in [5.74, 6) is -0.276. The second-order valence-electron chi connectivity index (χ2n) is 4.25. The molecule has 2 rings (SSSR count). The molecule has 0 atom stereocenters. The van der Waals surface area contributed by atoms with E-state index in [1.165, 1.54) is 0 Å². The van der Waals surface area contributed by atoms with Gasteiger partial charge in [-0.1, -0.05) is 12.1 Å². The summed E-state index contributed by atoms with van der Waals surface area (Å²) in [7, 11) is 0. The van der Waals surface area contributed by atoms with Crippen LogP contribution in [-0.2, 0) is 25.5 Å². The lowest BCUT2D eigenvalue weighted by atomic mass is 10.1. The zero-order valence-electron chi connectivity index (χ0n) is 10.9. The van der Waals surface area contributed by atoms with Crippen molar-refractivity contribution >= 4 is 17.6 Å². The van der Waals surface area contributed by atoms with Gasteiger partial charge in [-0.05, 0) is 24.6 Å². The van der Waals surface area contributed by atoms with E-state index in [0.29, 0.717) is 19.8 Å². The van der Waals surface area contributed by atoms with E-state index in [0.717, 1.165) is 11.3 Å². The lowest BCUT2D eigenvalue weighted by Gasteiger charge is -2.26. The predicted octanol–water partition coefficient (Wildman–Crippen LogP) is 1.16. The topological polar surface area (TPSA) is 55.8 Å². The van der Waals surface area contributed by atoms with Crippen LogP contribution in [0.25, 0.3) is 0 Å². The molecule has 1 aromatic carbocycles. The average molecular weight is 263 g/mol. The van der Waals surface area contributed by atoms with Crippen LogP contribution in [0.5, 0.6) is 0 Å². The van der Waals surface area contributed by atoms with Crippen LogP contribution in [0.2, 0.25) is 0 Å². The zero-order chi connectivity index (χ0) is 13.7. The summed E-state index contributed by atoms with van der Waals surface area (Å²) in [6.07, 6.45) is 0.255. The van der Waals surface area contributed by atoms with Gasteiger partial charge in [0.15, 0.2) is 0 Å². The number of rotatable bonds is 4. The van der Waals surface area contributed by atoms with Gasteiger partial charge in [0.05, 0.1) is 19.6 Å². The fourth-order valence-electron chi connectivity index (χ4n) is 1.96. The van der Waals surface area contributed by atoms with Crippen molar-refractivity contribution in [3.8, 4) is 0 Å². The van der Waals surface area contributed by atoms with Gasteiger partial charge in [0.2, 0.25) is 0 Å². The third-order valence-electron chi connectivity index (χ3n) is 2.89. The van der Waals surface area contributed by atoms with Gasteiger partial charge in [-0.25, -0.2) is 0 Å². The summed E-state index contributed by atoms with van der Waals surface area (Å²) in [6, 6.07) is 7.37. The van der Waals surface area contributed by atoms with E-state index >= 15 is 0 Å². The average Bonchev–Trinajstić information content (AvgIpc) is 2.41. The highest BCUT2D eigenvalue weighted by Crippen LogP contribution is 2.17. The van der Waals surface area contributed by atoms with Crippen LogP contribution in [0, 0.1) is 0 Å². The van der Waals surface area contributed by atoms with Crippen molar-refractivity contribution in [1.29, 1.82) is 0 Å². The molecule has 1 aromatic rings. The second kappa shape index (κ2) is 6.33. The van der Waals surface area contributed by atoms with E-state index in [4.69, 9.17) is 9.47 Å². The lowest BCUT2D eigenvalue weighted by Crippen LogP contribution is -2.41. The van der Waals surface area contributed by atoms with Gasteiger partial charge in [0.25, 0.3) is 5.91 Å². The minimum Gasteiger partial charge on any atom is -0.466 e. The summed E-state index contributed by atoms with van der Waals surface area (Å²) < 4.78 is 9.97. The zero-order valence-corrected chi connectivity index (χ0v) is 10.9. The molecule has 0 spiro atoms. The fraction of sp³-hybridized carbons (Fsp3) is 0.429. The number of amides is 1. The van der Waals surface area contributed by atoms with E-state index in [2.05, 4.69) is 0 Å². The standard InChI is InChI=1S/C14H17NO4/c1-2-19-14(17)9-11-3-5-12(6-4-11)15-7-8-18-10-13(15)16/h3-6H,2,7-10H2,1H3. The van der Waals surface area contributed by atoms with Gasteiger partial charge in [0, 0.05) is 12.2 Å². The Kier molecular flexibility index (Phi) is 4.52. The van der Waals surface area contributed by atoms with Crippen LogP contribution in [0.3, 0.4) is 0 Å². The van der Waals surface area contributed by atoms with E-state index in [1.54, 1.807) is 11.8 Å². The van der Waals surface area contributed by atoms with Gasteiger partial charge >= 0.3 is 5.97 Å². The van der Waals surface area contributed by atoms with E-state index in [9.17, 15) is 9.59 Å². The predicted molar refractivity (Wildman–Crippen MR) is 70.0 cm³/mol. The van der Waals surface area contributed by atoms with Crippen LogP contribution in [0.1, 0.15) is 12.5 Å². The first kappa shape index (κ1) is 13.5. The Bertz CT molecular complexity index is 455. The van der Waals surface area contributed by atoms with Crippen LogP contribution in [0.4, 0.5) is 5.69 Å². The van der Waals surface area contributed by atoms with Crippen molar-refractivity contribution < 1.29 is 19.1 Å². The Labute approximate surface area is 112 Å². The first-order valence-corrected chi connectivity index (χ1v) is 6.33. The Hall–Kier alpha value is -1.88. The maximum Gasteiger partial charge on any atom is 0.310 e. The highest BCUT2D eigenvalue weighted by Gasteiger charge is 2.19. The molecular weight excluding hydrogens is 246 g/mol. The number of esters is 1. The molecule has 1 aliphatic rings. The van der Waals surface area contributed by atoms with Gasteiger partial charge in [-0.3, -0.25) is 9.59 Å². The van der Waals surface area contributed by atoms with Crippen molar-refractivity contribution in [1.82, 2.24) is 0 Å². The Morgan fingerprint density at radius 3 is 2.74 bits per heavy atom. The molecule has 0 bridgehead atoms. The van der Waals surface area contributed by atoms with Crippen LogP contribution < -0.4 is 4.90 Å². The number of carbonyl (C=O) groups excluding carboxylic acids is 2. The number of ether oxygens (including phenoxy) is 2. The molecule has 5 heteroatoms. The minimum absolute atomic E-state index is 0.0376. The lowest BCUT2D eigenvalue weighted by molar-refractivity contribution is -0.142. The largest absolute Gasteiger partial charge is 0.466 e. The van der Waals surface area contributed by atoms with Crippen molar-refractivity contribution in [2.24, 2.45) is 0 Å². The number of morpholine rings is 1. The normalized spacial score (nSPS) is 15.4. The molecule has 1 amide bonds. The van der Waals surface area contributed by atoms with Crippen LogP contribution >= 0.6 is 0 Å². The van der Waals surface area contributed by atoms with E-state index < -0.39 is 0 Å². The summed E-state index contributed by atoms with van der Waals surface area (Å²) >= 11 is 0. The number of carbonyl (C=O) groups is 2. The molecule has 1 saturated heterocycles. The molecular formula is C14H17NO4.